The highest BCUT2D eigenvalue weighted by molar-refractivity contribution is 6.53. The average molecular weight is 267 g/mol. The smallest absolute Gasteiger partial charge is 0.267 e. The molecule has 0 radical (unpaired) electrons. The molecule has 2 aliphatic rings. The van der Waals surface area contributed by atoms with E-state index in [1.54, 1.807) is 5.01 Å². The van der Waals surface area contributed by atoms with Gasteiger partial charge in [-0.05, 0) is 12.8 Å². The lowest BCUT2D eigenvalue weighted by Gasteiger charge is -2.31. The molecule has 16 heavy (non-hydrogen) atoms. The maximum absolute atomic E-state index is 11.3. The van der Waals surface area contributed by atoms with Gasteiger partial charge in [0.05, 0.1) is 5.60 Å². The fraction of sp³-hybridized carbons (Fsp3) is 0.900. The molecule has 1 aliphatic heterocycles. The third-order valence-electron chi connectivity index (χ3n) is 3.24. The Balaban J connectivity index is 1.85. The lowest BCUT2D eigenvalue weighted by Crippen LogP contribution is -2.45. The number of hydrogen-bond acceptors (Lipinski definition) is 3. The van der Waals surface area contributed by atoms with Gasteiger partial charge in [-0.1, -0.05) is 42.5 Å². The minimum atomic E-state index is -1.03. The van der Waals surface area contributed by atoms with E-state index in [1.807, 2.05) is 0 Å². The van der Waals surface area contributed by atoms with E-state index >= 15 is 0 Å². The minimum Gasteiger partial charge on any atom is -0.357 e. The molecule has 92 valence electrons. The normalized spacial score (nSPS) is 25.2. The second-order valence-corrected chi connectivity index (χ2v) is 5.59. The fourth-order valence-electron chi connectivity index (χ4n) is 2.43. The molecule has 2 rings (SSSR count). The summed E-state index contributed by atoms with van der Waals surface area (Å²) in [6, 6.07) is 0. The Morgan fingerprint density at radius 2 is 2.00 bits per heavy atom. The van der Waals surface area contributed by atoms with Crippen LogP contribution < -0.4 is 5.43 Å². The van der Waals surface area contributed by atoms with Crippen LogP contribution in [-0.2, 0) is 9.53 Å². The van der Waals surface area contributed by atoms with Gasteiger partial charge in [-0.2, -0.15) is 5.01 Å². The number of carbonyl (C=O) groups excluding carboxylic acids is 1. The first kappa shape index (κ1) is 12.4. The van der Waals surface area contributed by atoms with Crippen LogP contribution in [0, 0.1) is 0 Å². The van der Waals surface area contributed by atoms with Crippen LogP contribution in [0.15, 0.2) is 0 Å². The highest BCUT2D eigenvalue weighted by atomic mass is 35.5. The van der Waals surface area contributed by atoms with E-state index in [1.165, 1.54) is 19.3 Å². The van der Waals surface area contributed by atoms with Crippen LogP contribution >= 0.6 is 23.2 Å². The number of alkyl halides is 2. The lowest BCUT2D eigenvalue weighted by molar-refractivity contribution is -0.124. The summed E-state index contributed by atoms with van der Waals surface area (Å²) in [4.78, 5) is 10.3. The van der Waals surface area contributed by atoms with Crippen molar-refractivity contribution in [1.29, 1.82) is 0 Å². The Hall–Kier alpha value is -0.0300. The van der Waals surface area contributed by atoms with Gasteiger partial charge in [-0.15, -0.1) is 0 Å². The number of nitrogens with one attached hydrogen (secondary N) is 1. The molecule has 1 amide bonds. The van der Waals surface area contributed by atoms with Crippen LogP contribution in [0.3, 0.4) is 0 Å². The van der Waals surface area contributed by atoms with Crippen molar-refractivity contribution < 1.29 is 9.53 Å². The molecule has 6 heteroatoms. The molecule has 0 unspecified atom stereocenters. The molecular formula is C10H16Cl2N2O2. The van der Waals surface area contributed by atoms with E-state index in [0.717, 1.165) is 19.4 Å². The maximum Gasteiger partial charge on any atom is 0.267 e. The summed E-state index contributed by atoms with van der Waals surface area (Å²) < 4.78 is 5.80. The van der Waals surface area contributed by atoms with Crippen LogP contribution in [0.5, 0.6) is 0 Å². The van der Waals surface area contributed by atoms with Crippen molar-refractivity contribution in [1.82, 2.24) is 10.4 Å². The number of carbonyl (C=O) groups is 1. The van der Waals surface area contributed by atoms with Gasteiger partial charge in [0.2, 0.25) is 0 Å². The molecule has 0 aromatic rings. The molecule has 1 saturated carbocycles. The Morgan fingerprint density at radius 3 is 2.62 bits per heavy atom. The van der Waals surface area contributed by atoms with Crippen LogP contribution in [-0.4, -0.2) is 34.6 Å². The van der Waals surface area contributed by atoms with Crippen molar-refractivity contribution in [3.8, 4) is 0 Å². The van der Waals surface area contributed by atoms with Crippen molar-refractivity contribution in [2.45, 2.75) is 42.5 Å². The van der Waals surface area contributed by atoms with Crippen LogP contribution in [0.4, 0.5) is 0 Å². The van der Waals surface area contributed by atoms with Crippen molar-refractivity contribution in [2.75, 3.05) is 13.3 Å². The second-order valence-electron chi connectivity index (χ2n) is 4.49. The van der Waals surface area contributed by atoms with Gasteiger partial charge in [0.1, 0.15) is 6.73 Å². The molecule has 0 aromatic heterocycles. The van der Waals surface area contributed by atoms with E-state index in [2.05, 4.69) is 5.43 Å². The quantitative estimate of drug-likeness (QED) is 0.776. The Labute approximate surface area is 105 Å². The first-order valence-corrected chi connectivity index (χ1v) is 6.46. The third kappa shape index (κ3) is 2.80. The number of nitrogens with zero attached hydrogens (tertiary/aromatic N) is 1. The topological polar surface area (TPSA) is 41.6 Å². The average Bonchev–Trinajstić information content (AvgIpc) is 2.62. The molecule has 0 aromatic carbocycles. The summed E-state index contributed by atoms with van der Waals surface area (Å²) in [5, 5.41) is 1.76. The van der Waals surface area contributed by atoms with E-state index in [0.29, 0.717) is 6.73 Å². The zero-order valence-corrected chi connectivity index (χ0v) is 10.6. The minimum absolute atomic E-state index is 0.0559. The maximum atomic E-state index is 11.3. The number of hydrogen-bond donors (Lipinski definition) is 1. The van der Waals surface area contributed by atoms with Gasteiger partial charge in [-0.3, -0.25) is 10.2 Å². The standard InChI is InChI=1S/C10H16Cl2N2O2/c11-8(12)9(15)13-14-6-10(16-7-14)4-2-1-3-5-10/h8H,1-7H2,(H,13,15). The monoisotopic (exact) mass is 266 g/mol. The number of ether oxygens (including phenoxy) is 1. The summed E-state index contributed by atoms with van der Waals surface area (Å²) in [5.74, 6) is -0.389. The molecule has 2 fully saturated rings. The molecule has 4 nitrogen and oxygen atoms in total. The number of halogens is 2. The Bertz CT molecular complexity index is 268. The summed E-state index contributed by atoms with van der Waals surface area (Å²) in [6.45, 7) is 1.16. The first-order chi connectivity index (χ1) is 7.61. The summed E-state index contributed by atoms with van der Waals surface area (Å²) >= 11 is 10.9. The predicted octanol–water partition coefficient (Wildman–Crippen LogP) is 1.81. The SMILES string of the molecule is O=C(NN1COC2(CCCCC2)C1)C(Cl)Cl. The summed E-state index contributed by atoms with van der Waals surface area (Å²) in [5.41, 5.74) is 2.60. The van der Waals surface area contributed by atoms with Crippen molar-refractivity contribution in [2.24, 2.45) is 0 Å². The van der Waals surface area contributed by atoms with Gasteiger partial charge >= 0.3 is 0 Å². The Morgan fingerprint density at radius 1 is 1.31 bits per heavy atom. The predicted molar refractivity (Wildman–Crippen MR) is 62.1 cm³/mol. The van der Waals surface area contributed by atoms with Gasteiger partial charge in [-0.25, -0.2) is 0 Å². The third-order valence-corrected chi connectivity index (χ3v) is 3.63. The van der Waals surface area contributed by atoms with E-state index in [-0.39, 0.29) is 11.5 Å². The van der Waals surface area contributed by atoms with Crippen LogP contribution in [0.1, 0.15) is 32.1 Å². The molecule has 1 heterocycles. The lowest BCUT2D eigenvalue weighted by atomic mass is 9.85. The summed E-state index contributed by atoms with van der Waals surface area (Å²) in [6.07, 6.45) is 5.84. The van der Waals surface area contributed by atoms with Gasteiger partial charge in [0.25, 0.3) is 5.91 Å². The second kappa shape index (κ2) is 5.08. The van der Waals surface area contributed by atoms with Gasteiger partial charge in [0, 0.05) is 6.54 Å². The molecule has 0 bridgehead atoms. The van der Waals surface area contributed by atoms with E-state index in [4.69, 9.17) is 27.9 Å². The van der Waals surface area contributed by atoms with Gasteiger partial charge in [0.15, 0.2) is 4.84 Å². The van der Waals surface area contributed by atoms with Crippen molar-refractivity contribution in [3.05, 3.63) is 0 Å². The fourth-order valence-corrected chi connectivity index (χ4v) is 2.53. The van der Waals surface area contributed by atoms with Gasteiger partial charge < -0.3 is 4.74 Å². The molecule has 0 atom stereocenters. The van der Waals surface area contributed by atoms with Crippen LogP contribution in [0.25, 0.3) is 0 Å². The van der Waals surface area contributed by atoms with Crippen molar-refractivity contribution in [3.63, 3.8) is 0 Å². The number of rotatable bonds is 2. The molecule has 1 saturated heterocycles. The number of amides is 1. The molecule has 1 aliphatic carbocycles. The first-order valence-electron chi connectivity index (χ1n) is 5.59. The zero-order chi connectivity index (χ0) is 11.6. The largest absolute Gasteiger partial charge is 0.357 e. The molecule has 1 spiro atoms. The highest BCUT2D eigenvalue weighted by Gasteiger charge is 2.40. The van der Waals surface area contributed by atoms with E-state index in [9.17, 15) is 4.79 Å². The molecule has 1 N–H and O–H groups in total. The highest BCUT2D eigenvalue weighted by Crippen LogP contribution is 2.35. The van der Waals surface area contributed by atoms with Crippen LogP contribution in [0.2, 0.25) is 0 Å². The molecular weight excluding hydrogens is 251 g/mol. The zero-order valence-electron chi connectivity index (χ0n) is 9.05. The Kier molecular flexibility index (Phi) is 3.95. The van der Waals surface area contributed by atoms with E-state index < -0.39 is 4.84 Å². The number of hydrazine groups is 1. The summed E-state index contributed by atoms with van der Waals surface area (Å²) in [7, 11) is 0. The van der Waals surface area contributed by atoms with Crippen molar-refractivity contribution >= 4 is 29.1 Å².